The van der Waals surface area contributed by atoms with Crippen LogP contribution in [0, 0.1) is 6.92 Å². The summed E-state index contributed by atoms with van der Waals surface area (Å²) in [6.45, 7) is 2.72. The van der Waals surface area contributed by atoms with Crippen LogP contribution < -0.4 is 10.9 Å². The van der Waals surface area contributed by atoms with Gasteiger partial charge < -0.3 is 14.6 Å². The minimum atomic E-state index is -0.299. The van der Waals surface area contributed by atoms with Crippen LogP contribution >= 0.6 is 0 Å². The first kappa shape index (κ1) is 18.3. The molecule has 1 aliphatic rings. The fourth-order valence-electron chi connectivity index (χ4n) is 3.29. The highest BCUT2D eigenvalue weighted by atomic mass is 16.5. The molecule has 0 spiro atoms. The molecule has 0 saturated carbocycles. The molecule has 1 aliphatic heterocycles. The summed E-state index contributed by atoms with van der Waals surface area (Å²) in [4.78, 5) is 29.0. The largest absolute Gasteiger partial charge is 0.368 e. The number of hydrogen-bond donors (Lipinski definition) is 1. The quantitative estimate of drug-likeness (QED) is 0.683. The average Bonchev–Trinajstić information content (AvgIpc) is 3.38. The first-order valence-corrected chi connectivity index (χ1v) is 9.29. The molecular formula is C19H21N5O4. The second-order valence-electron chi connectivity index (χ2n) is 6.74. The molecule has 146 valence electrons. The van der Waals surface area contributed by atoms with E-state index in [0.29, 0.717) is 42.4 Å². The topological polar surface area (TPSA) is 112 Å². The molecule has 9 nitrogen and oxygen atoms in total. The van der Waals surface area contributed by atoms with E-state index in [1.807, 2.05) is 19.1 Å². The summed E-state index contributed by atoms with van der Waals surface area (Å²) in [5.74, 6) is 0.705. The van der Waals surface area contributed by atoms with Crippen molar-refractivity contribution in [1.82, 2.24) is 25.2 Å². The van der Waals surface area contributed by atoms with Crippen molar-refractivity contribution >= 4 is 16.7 Å². The van der Waals surface area contributed by atoms with Gasteiger partial charge in [-0.3, -0.25) is 9.59 Å². The maximum atomic E-state index is 12.5. The Morgan fingerprint density at radius 3 is 2.93 bits per heavy atom. The van der Waals surface area contributed by atoms with Gasteiger partial charge in [-0.25, -0.2) is 4.68 Å². The number of rotatable bonds is 6. The summed E-state index contributed by atoms with van der Waals surface area (Å²) >= 11 is 0. The predicted octanol–water partition coefficient (Wildman–Crippen LogP) is 1.30. The molecule has 3 aromatic rings. The number of aromatic nitrogens is 4. The van der Waals surface area contributed by atoms with Gasteiger partial charge in [-0.05, 0) is 25.8 Å². The maximum absolute atomic E-state index is 12.5. The third kappa shape index (κ3) is 3.79. The van der Waals surface area contributed by atoms with E-state index < -0.39 is 0 Å². The number of benzene rings is 1. The number of ether oxygens (including phenoxy) is 1. The van der Waals surface area contributed by atoms with Gasteiger partial charge in [0.2, 0.25) is 5.91 Å². The molecule has 0 bridgehead atoms. The number of hydrogen-bond acceptors (Lipinski definition) is 7. The van der Waals surface area contributed by atoms with Crippen LogP contribution in [0.1, 0.15) is 36.4 Å². The lowest BCUT2D eigenvalue weighted by atomic mass is 10.1. The van der Waals surface area contributed by atoms with Crippen LogP contribution in [-0.2, 0) is 22.5 Å². The van der Waals surface area contributed by atoms with E-state index in [0.717, 1.165) is 18.2 Å². The summed E-state index contributed by atoms with van der Waals surface area (Å²) < 4.78 is 11.9. The maximum Gasteiger partial charge on any atom is 0.275 e. The SMILES string of the molecule is Cc1nn(CC(=O)NCCc2noc(C3CCCO3)n2)c(=O)c2ccccc12. The summed E-state index contributed by atoms with van der Waals surface area (Å²) in [6.07, 6.45) is 2.18. The zero-order valence-corrected chi connectivity index (χ0v) is 15.6. The van der Waals surface area contributed by atoms with Crippen LogP contribution in [0.3, 0.4) is 0 Å². The fourth-order valence-corrected chi connectivity index (χ4v) is 3.29. The minimum Gasteiger partial charge on any atom is -0.368 e. The molecule has 1 N–H and O–H groups in total. The molecule has 0 radical (unpaired) electrons. The van der Waals surface area contributed by atoms with Gasteiger partial charge in [-0.1, -0.05) is 23.4 Å². The molecule has 28 heavy (non-hydrogen) atoms. The molecule has 3 heterocycles. The number of nitrogens with one attached hydrogen (secondary N) is 1. The molecule has 4 rings (SSSR count). The standard InChI is InChI=1S/C19H21N5O4/c1-12-13-5-2-3-6-14(13)19(26)24(22-12)11-17(25)20-9-8-16-21-18(28-23-16)15-7-4-10-27-15/h2-3,5-6,15H,4,7-11H2,1H3,(H,20,25). The van der Waals surface area contributed by atoms with Gasteiger partial charge in [0, 0.05) is 25.0 Å². The molecule has 9 heteroatoms. The van der Waals surface area contributed by atoms with Crippen LogP contribution in [0.2, 0.25) is 0 Å². The molecular weight excluding hydrogens is 362 g/mol. The lowest BCUT2D eigenvalue weighted by molar-refractivity contribution is -0.121. The Labute approximate surface area is 160 Å². The Hall–Kier alpha value is -3.07. The van der Waals surface area contributed by atoms with Crippen LogP contribution in [0.15, 0.2) is 33.6 Å². The van der Waals surface area contributed by atoms with Gasteiger partial charge in [0.25, 0.3) is 11.4 Å². The van der Waals surface area contributed by atoms with E-state index in [-0.39, 0.29) is 24.1 Å². The van der Waals surface area contributed by atoms with Crippen LogP contribution in [0.25, 0.3) is 10.8 Å². The third-order valence-electron chi connectivity index (χ3n) is 4.71. The second-order valence-corrected chi connectivity index (χ2v) is 6.74. The number of amides is 1. The predicted molar refractivity (Wildman–Crippen MR) is 99.7 cm³/mol. The highest BCUT2D eigenvalue weighted by molar-refractivity contribution is 5.83. The molecule has 1 amide bonds. The van der Waals surface area contributed by atoms with E-state index in [9.17, 15) is 9.59 Å². The van der Waals surface area contributed by atoms with Gasteiger partial charge >= 0.3 is 0 Å². The van der Waals surface area contributed by atoms with Gasteiger partial charge in [0.05, 0.1) is 11.1 Å². The Bertz CT molecular complexity index is 1050. The lowest BCUT2D eigenvalue weighted by Gasteiger charge is -2.09. The molecule has 1 unspecified atom stereocenters. The average molecular weight is 383 g/mol. The van der Waals surface area contributed by atoms with Gasteiger partial charge in [0.15, 0.2) is 5.82 Å². The van der Waals surface area contributed by atoms with Gasteiger partial charge in [-0.2, -0.15) is 10.1 Å². The number of nitrogens with zero attached hydrogens (tertiary/aromatic N) is 4. The van der Waals surface area contributed by atoms with E-state index >= 15 is 0 Å². The van der Waals surface area contributed by atoms with Crippen molar-refractivity contribution in [3.63, 3.8) is 0 Å². The molecule has 0 aliphatic carbocycles. The first-order chi connectivity index (χ1) is 13.6. The van der Waals surface area contributed by atoms with Crippen molar-refractivity contribution in [2.45, 2.75) is 38.8 Å². The smallest absolute Gasteiger partial charge is 0.275 e. The molecule has 2 aromatic heterocycles. The lowest BCUT2D eigenvalue weighted by Crippen LogP contribution is -2.35. The Kier molecular flexibility index (Phi) is 5.16. The van der Waals surface area contributed by atoms with Gasteiger partial charge in [-0.15, -0.1) is 0 Å². The van der Waals surface area contributed by atoms with Crippen molar-refractivity contribution in [3.05, 3.63) is 52.0 Å². The summed E-state index contributed by atoms with van der Waals surface area (Å²) in [7, 11) is 0. The molecule has 1 aromatic carbocycles. The van der Waals surface area contributed by atoms with Crippen LogP contribution in [-0.4, -0.2) is 39.0 Å². The molecule has 1 atom stereocenters. The van der Waals surface area contributed by atoms with E-state index in [1.54, 1.807) is 12.1 Å². The number of fused-ring (bicyclic) bond motifs is 1. The monoisotopic (exact) mass is 383 g/mol. The number of carbonyl (C=O) groups excluding carboxylic acids is 1. The van der Waals surface area contributed by atoms with Crippen molar-refractivity contribution in [2.24, 2.45) is 0 Å². The fraction of sp³-hybridized carbons (Fsp3) is 0.421. The Balaban J connectivity index is 1.34. The summed E-state index contributed by atoms with van der Waals surface area (Å²) in [5.41, 5.74) is 0.423. The third-order valence-corrected chi connectivity index (χ3v) is 4.71. The Morgan fingerprint density at radius 1 is 1.32 bits per heavy atom. The van der Waals surface area contributed by atoms with Gasteiger partial charge in [0.1, 0.15) is 12.6 Å². The second kappa shape index (κ2) is 7.89. The highest BCUT2D eigenvalue weighted by Crippen LogP contribution is 2.26. The number of aryl methyl sites for hydroxylation is 1. The highest BCUT2D eigenvalue weighted by Gasteiger charge is 2.23. The van der Waals surface area contributed by atoms with Crippen molar-refractivity contribution < 1.29 is 14.1 Å². The molecule has 1 saturated heterocycles. The Morgan fingerprint density at radius 2 is 2.14 bits per heavy atom. The van der Waals surface area contributed by atoms with Crippen molar-refractivity contribution in [2.75, 3.05) is 13.2 Å². The molecule has 1 fully saturated rings. The zero-order chi connectivity index (χ0) is 19.5. The zero-order valence-electron chi connectivity index (χ0n) is 15.6. The normalized spacial score (nSPS) is 16.5. The summed E-state index contributed by atoms with van der Waals surface area (Å²) in [6, 6.07) is 7.24. The van der Waals surface area contributed by atoms with Crippen molar-refractivity contribution in [1.29, 1.82) is 0 Å². The number of carbonyl (C=O) groups is 1. The first-order valence-electron chi connectivity index (χ1n) is 9.29. The van der Waals surface area contributed by atoms with E-state index in [2.05, 4.69) is 20.6 Å². The summed E-state index contributed by atoms with van der Waals surface area (Å²) in [5, 5.41) is 12.3. The van der Waals surface area contributed by atoms with E-state index in [1.165, 1.54) is 4.68 Å². The minimum absolute atomic E-state index is 0.120. The van der Waals surface area contributed by atoms with E-state index in [4.69, 9.17) is 9.26 Å². The van der Waals surface area contributed by atoms with Crippen LogP contribution in [0.4, 0.5) is 0 Å². The van der Waals surface area contributed by atoms with Crippen molar-refractivity contribution in [3.8, 4) is 0 Å². The van der Waals surface area contributed by atoms with Crippen LogP contribution in [0.5, 0.6) is 0 Å².